The Morgan fingerprint density at radius 2 is 2.17 bits per heavy atom. The molecule has 0 spiro atoms. The average molecular weight is 344 g/mol. The van der Waals surface area contributed by atoms with Gasteiger partial charge in [0.05, 0.1) is 18.8 Å². The van der Waals surface area contributed by atoms with Crippen LogP contribution in [0.2, 0.25) is 0 Å². The van der Waals surface area contributed by atoms with E-state index in [0.717, 1.165) is 17.6 Å². The second-order valence-corrected chi connectivity index (χ2v) is 5.75. The van der Waals surface area contributed by atoms with Gasteiger partial charge in [0.2, 0.25) is 5.88 Å². The number of ether oxygens (including phenoxy) is 1. The number of hydrogen-bond acceptors (Lipinski definition) is 6. The molecule has 3 rings (SSSR count). The lowest BCUT2D eigenvalue weighted by atomic mass is 10.1. The normalized spacial score (nSPS) is 15.4. The summed E-state index contributed by atoms with van der Waals surface area (Å²) in [5, 5.41) is 3.76. The molecular weight excluding hydrogens is 333 g/mol. The quantitative estimate of drug-likeness (QED) is 0.854. The summed E-state index contributed by atoms with van der Waals surface area (Å²) in [6, 6.07) is 2.11. The Kier molecular flexibility index (Phi) is 3.92. The number of carbonyl (C=O) groups is 1. The van der Waals surface area contributed by atoms with Crippen LogP contribution >= 0.6 is 11.5 Å². The van der Waals surface area contributed by atoms with Gasteiger partial charge in [-0.15, -0.1) is 5.10 Å². The third kappa shape index (κ3) is 3.11. The van der Waals surface area contributed by atoms with Gasteiger partial charge in [0, 0.05) is 6.20 Å². The molecule has 0 atom stereocenters. The number of rotatable bonds is 3. The third-order valence-corrected chi connectivity index (χ3v) is 4.15. The van der Waals surface area contributed by atoms with Gasteiger partial charge < -0.3 is 9.64 Å². The lowest BCUT2D eigenvalue weighted by molar-refractivity contribution is -0.140. The van der Waals surface area contributed by atoms with Crippen molar-refractivity contribution < 1.29 is 22.7 Å². The van der Waals surface area contributed by atoms with Gasteiger partial charge in [-0.1, -0.05) is 4.49 Å². The predicted octanol–water partition coefficient (Wildman–Crippen LogP) is 2.16. The summed E-state index contributed by atoms with van der Waals surface area (Å²) in [4.78, 5) is 17.7. The molecular formula is C13H11F3N4O2S. The van der Waals surface area contributed by atoms with Gasteiger partial charge >= 0.3 is 6.18 Å². The summed E-state index contributed by atoms with van der Waals surface area (Å²) in [5.41, 5.74) is -0.388. The Labute approximate surface area is 133 Å². The summed E-state index contributed by atoms with van der Waals surface area (Å²) in [6.07, 6.45) is -3.82. The highest BCUT2D eigenvalue weighted by molar-refractivity contribution is 7.07. The SMILES string of the molecule is Cc1nnsc1C(=O)N1CC(Oc2ncccc2C(F)(F)F)C1. The number of aromatic nitrogens is 3. The number of alkyl halides is 3. The predicted molar refractivity (Wildman–Crippen MR) is 74.2 cm³/mol. The van der Waals surface area contributed by atoms with Gasteiger partial charge in [0.15, 0.2) is 0 Å². The lowest BCUT2D eigenvalue weighted by Gasteiger charge is -2.38. The van der Waals surface area contributed by atoms with E-state index < -0.39 is 23.7 Å². The van der Waals surface area contributed by atoms with Crippen molar-refractivity contribution >= 4 is 17.4 Å². The number of carbonyl (C=O) groups excluding carboxylic acids is 1. The smallest absolute Gasteiger partial charge is 0.421 e. The molecule has 23 heavy (non-hydrogen) atoms. The Hall–Kier alpha value is -2.23. The molecule has 1 saturated heterocycles. The molecule has 6 nitrogen and oxygen atoms in total. The molecule has 0 saturated carbocycles. The molecule has 0 radical (unpaired) electrons. The van der Waals surface area contributed by atoms with Crippen molar-refractivity contribution in [2.45, 2.75) is 19.2 Å². The van der Waals surface area contributed by atoms with Gasteiger partial charge in [0.25, 0.3) is 5.91 Å². The van der Waals surface area contributed by atoms with E-state index in [4.69, 9.17) is 4.74 Å². The van der Waals surface area contributed by atoms with Crippen molar-refractivity contribution in [3.8, 4) is 5.88 Å². The maximum Gasteiger partial charge on any atom is 0.421 e. The second kappa shape index (κ2) is 5.76. The molecule has 10 heteroatoms. The zero-order valence-electron chi connectivity index (χ0n) is 11.9. The number of aryl methyl sites for hydroxylation is 1. The molecule has 122 valence electrons. The van der Waals surface area contributed by atoms with Crippen LogP contribution in [0.15, 0.2) is 18.3 Å². The molecule has 3 heterocycles. The van der Waals surface area contributed by atoms with E-state index in [1.807, 2.05) is 0 Å². The number of pyridine rings is 1. The first-order valence-corrected chi connectivity index (χ1v) is 7.40. The zero-order chi connectivity index (χ0) is 16.6. The Morgan fingerprint density at radius 1 is 1.43 bits per heavy atom. The van der Waals surface area contributed by atoms with E-state index in [0.29, 0.717) is 10.6 Å². The molecule has 1 aliphatic heterocycles. The van der Waals surface area contributed by atoms with Gasteiger partial charge in [0.1, 0.15) is 16.5 Å². The highest BCUT2D eigenvalue weighted by atomic mass is 32.1. The minimum absolute atomic E-state index is 0.198. The highest BCUT2D eigenvalue weighted by Crippen LogP contribution is 2.35. The number of amides is 1. The molecule has 0 unspecified atom stereocenters. The van der Waals surface area contributed by atoms with Crippen molar-refractivity contribution in [3.63, 3.8) is 0 Å². The maximum absolute atomic E-state index is 12.9. The summed E-state index contributed by atoms with van der Waals surface area (Å²) in [7, 11) is 0. The molecule has 1 amide bonds. The molecule has 0 N–H and O–H groups in total. The highest BCUT2D eigenvalue weighted by Gasteiger charge is 2.39. The van der Waals surface area contributed by atoms with Crippen molar-refractivity contribution in [1.29, 1.82) is 0 Å². The van der Waals surface area contributed by atoms with Crippen LogP contribution < -0.4 is 4.74 Å². The van der Waals surface area contributed by atoms with Crippen molar-refractivity contribution in [3.05, 3.63) is 34.5 Å². The first-order valence-electron chi connectivity index (χ1n) is 6.63. The fourth-order valence-electron chi connectivity index (χ4n) is 2.11. The van der Waals surface area contributed by atoms with Crippen LogP contribution in [0.5, 0.6) is 5.88 Å². The largest absolute Gasteiger partial charge is 0.470 e. The molecule has 1 fully saturated rings. The number of halogens is 3. The fraction of sp³-hybridized carbons (Fsp3) is 0.385. The average Bonchev–Trinajstić information content (AvgIpc) is 2.87. The van der Waals surface area contributed by atoms with Gasteiger partial charge in [-0.05, 0) is 30.6 Å². The van der Waals surface area contributed by atoms with Crippen LogP contribution in [-0.2, 0) is 6.18 Å². The molecule has 0 bridgehead atoms. The summed E-state index contributed by atoms with van der Waals surface area (Å²) in [6.45, 7) is 2.07. The van der Waals surface area contributed by atoms with Crippen molar-refractivity contribution in [2.24, 2.45) is 0 Å². The summed E-state index contributed by atoms with van der Waals surface area (Å²) >= 11 is 0.992. The van der Waals surface area contributed by atoms with Gasteiger partial charge in [-0.2, -0.15) is 13.2 Å². The van der Waals surface area contributed by atoms with Crippen LogP contribution in [0, 0.1) is 6.92 Å². The Bertz CT molecular complexity index is 728. The zero-order valence-corrected chi connectivity index (χ0v) is 12.7. The van der Waals surface area contributed by atoms with Gasteiger partial charge in [-0.25, -0.2) is 4.98 Å². The van der Waals surface area contributed by atoms with E-state index in [1.54, 1.807) is 6.92 Å². The first kappa shape index (κ1) is 15.7. The first-order chi connectivity index (χ1) is 10.9. The fourth-order valence-corrected chi connectivity index (χ4v) is 2.73. The summed E-state index contributed by atoms with van der Waals surface area (Å²) in [5.74, 6) is -0.706. The topological polar surface area (TPSA) is 68.2 Å². The third-order valence-electron chi connectivity index (χ3n) is 3.34. The number of likely N-dealkylation sites (tertiary alicyclic amines) is 1. The number of nitrogens with zero attached hydrogens (tertiary/aromatic N) is 4. The molecule has 0 aliphatic carbocycles. The van der Waals surface area contributed by atoms with Crippen LogP contribution in [-0.4, -0.2) is 44.6 Å². The van der Waals surface area contributed by atoms with Crippen LogP contribution in [0.1, 0.15) is 20.9 Å². The summed E-state index contributed by atoms with van der Waals surface area (Å²) < 4.78 is 47.5. The van der Waals surface area contributed by atoms with Crippen molar-refractivity contribution in [1.82, 2.24) is 19.5 Å². The maximum atomic E-state index is 12.9. The Morgan fingerprint density at radius 3 is 2.78 bits per heavy atom. The van der Waals surface area contributed by atoms with Crippen molar-refractivity contribution in [2.75, 3.05) is 13.1 Å². The van der Waals surface area contributed by atoms with Crippen LogP contribution in [0.3, 0.4) is 0 Å². The van der Waals surface area contributed by atoms with E-state index >= 15 is 0 Å². The molecule has 2 aromatic heterocycles. The van der Waals surface area contributed by atoms with E-state index in [1.165, 1.54) is 17.2 Å². The molecule has 2 aromatic rings. The van der Waals surface area contributed by atoms with E-state index in [9.17, 15) is 18.0 Å². The van der Waals surface area contributed by atoms with Crippen LogP contribution in [0.4, 0.5) is 13.2 Å². The lowest BCUT2D eigenvalue weighted by Crippen LogP contribution is -2.56. The van der Waals surface area contributed by atoms with E-state index in [2.05, 4.69) is 14.6 Å². The van der Waals surface area contributed by atoms with E-state index in [-0.39, 0.29) is 19.0 Å². The van der Waals surface area contributed by atoms with Crippen LogP contribution in [0.25, 0.3) is 0 Å². The minimum Gasteiger partial charge on any atom is -0.470 e. The number of hydrogen-bond donors (Lipinski definition) is 0. The molecule has 1 aliphatic rings. The molecule has 0 aromatic carbocycles. The monoisotopic (exact) mass is 344 g/mol. The Balaban J connectivity index is 1.63. The minimum atomic E-state index is -4.53. The second-order valence-electron chi connectivity index (χ2n) is 4.99. The van der Waals surface area contributed by atoms with Gasteiger partial charge in [-0.3, -0.25) is 4.79 Å². The standard InChI is InChI=1S/C13H11F3N4O2S/c1-7-10(23-19-18-7)12(21)20-5-8(6-20)22-11-9(13(14,15)16)3-2-4-17-11/h2-4,8H,5-6H2,1H3.